The third kappa shape index (κ3) is 2.72. The van der Waals surface area contributed by atoms with Crippen LogP contribution in [0.15, 0.2) is 76.3 Å². The van der Waals surface area contributed by atoms with Crippen molar-refractivity contribution in [1.82, 2.24) is 8.96 Å². The third-order valence-electron chi connectivity index (χ3n) is 4.26. The van der Waals surface area contributed by atoms with Gasteiger partial charge >= 0.3 is 0 Å². The van der Waals surface area contributed by atoms with Crippen molar-refractivity contribution in [2.45, 2.75) is 24.7 Å². The average molecular weight is 366 g/mol. The van der Waals surface area contributed by atoms with Crippen molar-refractivity contribution in [2.75, 3.05) is 0 Å². The van der Waals surface area contributed by atoms with E-state index in [0.717, 1.165) is 23.8 Å². The molecule has 4 aromatic rings. The first-order valence-electron chi connectivity index (χ1n) is 8.47. The third-order valence-corrected chi connectivity index (χ3v) is 5.95. The van der Waals surface area contributed by atoms with Crippen LogP contribution in [0.3, 0.4) is 0 Å². The van der Waals surface area contributed by atoms with Crippen LogP contribution in [0.1, 0.15) is 19.2 Å². The Balaban J connectivity index is 1.92. The molecular weight excluding hydrogens is 348 g/mol. The van der Waals surface area contributed by atoms with Gasteiger partial charge in [-0.05, 0) is 24.6 Å². The minimum Gasteiger partial charge on any atom is -0.441 e. The zero-order valence-corrected chi connectivity index (χ0v) is 15.1. The van der Waals surface area contributed by atoms with Crippen LogP contribution < -0.4 is 0 Å². The first kappa shape index (κ1) is 16.6. The fourth-order valence-corrected chi connectivity index (χ4v) is 4.41. The molecule has 0 radical (unpaired) electrons. The molecule has 0 aliphatic heterocycles. The van der Waals surface area contributed by atoms with Crippen molar-refractivity contribution in [3.05, 3.63) is 72.9 Å². The van der Waals surface area contributed by atoms with Crippen LogP contribution in [0.4, 0.5) is 0 Å². The highest BCUT2D eigenvalue weighted by Gasteiger charge is 2.22. The molecule has 0 fully saturated rings. The van der Waals surface area contributed by atoms with Crippen molar-refractivity contribution in [1.29, 1.82) is 0 Å². The van der Waals surface area contributed by atoms with Gasteiger partial charge in [0, 0.05) is 23.6 Å². The Kier molecular flexibility index (Phi) is 4.12. The number of hydrogen-bond donors (Lipinski definition) is 0. The minimum atomic E-state index is -3.70. The zero-order valence-electron chi connectivity index (χ0n) is 14.3. The van der Waals surface area contributed by atoms with E-state index in [2.05, 4.69) is 11.9 Å². The van der Waals surface area contributed by atoms with E-state index in [1.54, 1.807) is 48.8 Å². The standard InChI is InChI=1S/C20H18N2O3S/c1-2-8-20-21-13-19(25-20)17-14-22(18-12-7-6-11-16(17)18)26(23,24)15-9-4-3-5-10-15/h3-7,9-14H,2,8H2,1H3. The van der Waals surface area contributed by atoms with Crippen LogP contribution in [0.25, 0.3) is 22.2 Å². The van der Waals surface area contributed by atoms with Crippen molar-refractivity contribution in [2.24, 2.45) is 0 Å². The minimum absolute atomic E-state index is 0.247. The molecule has 132 valence electrons. The maximum absolute atomic E-state index is 13.1. The van der Waals surface area contributed by atoms with Crippen LogP contribution >= 0.6 is 0 Å². The monoisotopic (exact) mass is 366 g/mol. The summed E-state index contributed by atoms with van der Waals surface area (Å²) in [5, 5.41) is 0.811. The summed E-state index contributed by atoms with van der Waals surface area (Å²) in [6.45, 7) is 2.06. The predicted octanol–water partition coefficient (Wildman–Crippen LogP) is 4.49. The molecule has 0 amide bonds. The van der Waals surface area contributed by atoms with Crippen molar-refractivity contribution >= 4 is 20.9 Å². The number of fused-ring (bicyclic) bond motifs is 1. The SMILES string of the molecule is CCCc1ncc(-c2cn(S(=O)(=O)c3ccccc3)c3ccccc23)o1. The lowest BCUT2D eigenvalue weighted by Gasteiger charge is -2.07. The van der Waals surface area contributed by atoms with E-state index in [9.17, 15) is 8.42 Å². The summed E-state index contributed by atoms with van der Waals surface area (Å²) >= 11 is 0. The van der Waals surface area contributed by atoms with Gasteiger partial charge in [0.2, 0.25) is 0 Å². The second-order valence-electron chi connectivity index (χ2n) is 6.04. The molecule has 2 heterocycles. The van der Waals surface area contributed by atoms with Crippen LogP contribution in [-0.2, 0) is 16.4 Å². The Morgan fingerprint density at radius 2 is 1.77 bits per heavy atom. The Morgan fingerprint density at radius 3 is 2.54 bits per heavy atom. The number of aromatic nitrogens is 2. The Labute approximate surface area is 152 Å². The topological polar surface area (TPSA) is 65.1 Å². The summed E-state index contributed by atoms with van der Waals surface area (Å²) in [7, 11) is -3.70. The Morgan fingerprint density at radius 1 is 1.04 bits per heavy atom. The number of para-hydroxylation sites is 1. The molecule has 26 heavy (non-hydrogen) atoms. The largest absolute Gasteiger partial charge is 0.441 e. The second kappa shape index (κ2) is 6.46. The van der Waals surface area contributed by atoms with E-state index in [-0.39, 0.29) is 4.90 Å². The van der Waals surface area contributed by atoms with Gasteiger partial charge in [0.05, 0.1) is 16.6 Å². The highest BCUT2D eigenvalue weighted by Crippen LogP contribution is 2.33. The molecule has 0 aliphatic carbocycles. The normalized spacial score (nSPS) is 11.9. The van der Waals surface area contributed by atoms with E-state index in [0.29, 0.717) is 17.2 Å². The quantitative estimate of drug-likeness (QED) is 0.522. The molecule has 2 aromatic heterocycles. The van der Waals surface area contributed by atoms with Crippen molar-refractivity contribution in [3.63, 3.8) is 0 Å². The van der Waals surface area contributed by atoms with Gasteiger partial charge in [-0.3, -0.25) is 0 Å². The van der Waals surface area contributed by atoms with Gasteiger partial charge in [-0.25, -0.2) is 17.4 Å². The highest BCUT2D eigenvalue weighted by atomic mass is 32.2. The Bertz CT molecular complexity index is 1160. The van der Waals surface area contributed by atoms with Crippen LogP contribution in [0, 0.1) is 0 Å². The number of rotatable bonds is 5. The van der Waals surface area contributed by atoms with Crippen LogP contribution in [-0.4, -0.2) is 17.4 Å². The first-order valence-corrected chi connectivity index (χ1v) is 9.91. The summed E-state index contributed by atoms with van der Waals surface area (Å²) < 4.78 is 33.4. The van der Waals surface area contributed by atoms with Gasteiger partial charge < -0.3 is 4.42 Å². The molecule has 0 saturated carbocycles. The molecule has 2 aromatic carbocycles. The van der Waals surface area contributed by atoms with Gasteiger partial charge in [0.25, 0.3) is 10.0 Å². The maximum atomic E-state index is 13.1. The van der Waals surface area contributed by atoms with E-state index >= 15 is 0 Å². The van der Waals surface area contributed by atoms with Gasteiger partial charge in [-0.15, -0.1) is 0 Å². The molecule has 0 spiro atoms. The van der Waals surface area contributed by atoms with Crippen molar-refractivity contribution < 1.29 is 12.8 Å². The number of benzene rings is 2. The van der Waals surface area contributed by atoms with E-state index < -0.39 is 10.0 Å². The highest BCUT2D eigenvalue weighted by molar-refractivity contribution is 7.90. The van der Waals surface area contributed by atoms with E-state index in [1.165, 1.54) is 3.97 Å². The molecule has 0 unspecified atom stereocenters. The predicted molar refractivity (Wildman–Crippen MR) is 100 cm³/mol. The average Bonchev–Trinajstić information content (AvgIpc) is 3.27. The molecule has 6 heteroatoms. The number of oxazole rings is 1. The fraction of sp³-hybridized carbons (Fsp3) is 0.150. The molecule has 5 nitrogen and oxygen atoms in total. The Hall–Kier alpha value is -2.86. The summed E-state index contributed by atoms with van der Waals surface area (Å²) in [5.41, 5.74) is 1.33. The lowest BCUT2D eigenvalue weighted by atomic mass is 10.1. The summed E-state index contributed by atoms with van der Waals surface area (Å²) in [6.07, 6.45) is 4.96. The van der Waals surface area contributed by atoms with Gasteiger partial charge in [0.1, 0.15) is 0 Å². The summed E-state index contributed by atoms with van der Waals surface area (Å²) in [5.74, 6) is 1.23. The summed E-state index contributed by atoms with van der Waals surface area (Å²) in [6, 6.07) is 15.8. The summed E-state index contributed by atoms with van der Waals surface area (Å²) in [4.78, 5) is 4.54. The van der Waals surface area contributed by atoms with E-state index in [4.69, 9.17) is 4.42 Å². The zero-order chi connectivity index (χ0) is 18.1. The molecule has 4 rings (SSSR count). The second-order valence-corrected chi connectivity index (χ2v) is 7.86. The number of aryl methyl sites for hydroxylation is 1. The van der Waals surface area contributed by atoms with Gasteiger partial charge in [-0.2, -0.15) is 0 Å². The number of nitrogens with zero attached hydrogens (tertiary/aromatic N) is 2. The van der Waals surface area contributed by atoms with Crippen molar-refractivity contribution in [3.8, 4) is 11.3 Å². The first-order chi connectivity index (χ1) is 12.6. The molecule has 0 saturated heterocycles. The maximum Gasteiger partial charge on any atom is 0.268 e. The fourth-order valence-electron chi connectivity index (χ4n) is 3.02. The van der Waals surface area contributed by atoms with Crippen LogP contribution in [0.5, 0.6) is 0 Å². The molecule has 0 N–H and O–H groups in total. The molecular formula is C20H18N2O3S. The smallest absolute Gasteiger partial charge is 0.268 e. The lowest BCUT2D eigenvalue weighted by molar-refractivity contribution is 0.503. The molecule has 0 aliphatic rings. The molecule has 0 atom stereocenters. The van der Waals surface area contributed by atoms with E-state index in [1.807, 2.05) is 18.2 Å². The van der Waals surface area contributed by atoms with Crippen LogP contribution in [0.2, 0.25) is 0 Å². The number of hydrogen-bond acceptors (Lipinski definition) is 4. The van der Waals surface area contributed by atoms with Gasteiger partial charge in [0.15, 0.2) is 11.7 Å². The molecule has 0 bridgehead atoms. The van der Waals surface area contributed by atoms with Gasteiger partial charge in [-0.1, -0.05) is 43.3 Å². The lowest BCUT2D eigenvalue weighted by Crippen LogP contribution is -2.11.